The molecule has 1 fully saturated rings. The van der Waals surface area contributed by atoms with Crippen LogP contribution in [0.15, 0.2) is 45.7 Å². The van der Waals surface area contributed by atoms with Crippen molar-refractivity contribution in [1.29, 1.82) is 0 Å². The maximum Gasteiger partial charge on any atom is 0.203 e. The molecule has 164 valence electrons. The van der Waals surface area contributed by atoms with Gasteiger partial charge in [0.05, 0.1) is 15.9 Å². The lowest BCUT2D eigenvalue weighted by Crippen LogP contribution is -2.42. The van der Waals surface area contributed by atoms with Crippen LogP contribution in [0.1, 0.15) is 41.0 Å². The van der Waals surface area contributed by atoms with Crippen molar-refractivity contribution in [3.05, 3.63) is 40.8 Å². The first-order valence-corrected chi connectivity index (χ1v) is 14.7. The Labute approximate surface area is 181 Å². The highest BCUT2D eigenvalue weighted by Crippen LogP contribution is 2.42. The van der Waals surface area contributed by atoms with Crippen LogP contribution in [-0.4, -0.2) is 45.7 Å². The molecule has 1 heterocycles. The predicted molar refractivity (Wildman–Crippen MR) is 120 cm³/mol. The summed E-state index contributed by atoms with van der Waals surface area (Å²) >= 11 is 0. The first-order valence-electron chi connectivity index (χ1n) is 10.3. The minimum absolute atomic E-state index is 0.0101. The lowest BCUT2D eigenvalue weighted by molar-refractivity contribution is -0.151. The summed E-state index contributed by atoms with van der Waals surface area (Å²) < 4.78 is 38.8. The topological polar surface area (TPSA) is 72.8 Å². The third-order valence-corrected chi connectivity index (χ3v) is 12.7. The second-order valence-corrected chi connectivity index (χ2v) is 17.0. The number of hydrogen-bond donors (Lipinski definition) is 1. The highest BCUT2D eigenvalue weighted by Gasteiger charge is 2.51. The van der Waals surface area contributed by atoms with Crippen molar-refractivity contribution < 1.29 is 23.0 Å². The van der Waals surface area contributed by atoms with E-state index < -0.39 is 42.0 Å². The van der Waals surface area contributed by atoms with Crippen LogP contribution < -0.4 is 0 Å². The third-order valence-electron chi connectivity index (χ3n) is 6.28. The van der Waals surface area contributed by atoms with Crippen molar-refractivity contribution in [2.75, 3.05) is 0 Å². The highest BCUT2D eigenvalue weighted by atomic mass is 32.2. The van der Waals surface area contributed by atoms with Gasteiger partial charge in [-0.25, -0.2) is 8.42 Å². The van der Waals surface area contributed by atoms with Crippen molar-refractivity contribution in [2.45, 2.75) is 88.2 Å². The van der Waals surface area contributed by atoms with E-state index in [2.05, 4.69) is 45.3 Å². The van der Waals surface area contributed by atoms with Crippen LogP contribution in [-0.2, 0) is 19.3 Å². The Morgan fingerprint density at radius 3 is 2.30 bits per heavy atom. The van der Waals surface area contributed by atoms with Gasteiger partial charge in [0, 0.05) is 12.0 Å². The Kier molecular flexibility index (Phi) is 5.89. The smallest absolute Gasteiger partial charge is 0.203 e. The molecule has 0 amide bonds. The lowest BCUT2D eigenvalue weighted by Gasteiger charge is -2.33. The fourth-order valence-corrected chi connectivity index (χ4v) is 5.93. The quantitative estimate of drug-likeness (QED) is 0.546. The fourth-order valence-electron chi connectivity index (χ4n) is 3.46. The van der Waals surface area contributed by atoms with Crippen LogP contribution in [0.25, 0.3) is 0 Å². The molecule has 1 saturated heterocycles. The molecule has 0 radical (unpaired) electrons. The largest absolute Gasteiger partial charge is 0.385 e. The molecule has 5 nitrogen and oxygen atoms in total. The summed E-state index contributed by atoms with van der Waals surface area (Å²) in [6.07, 6.45) is -2.21. The van der Waals surface area contributed by atoms with Crippen LogP contribution >= 0.6 is 0 Å². The van der Waals surface area contributed by atoms with E-state index in [9.17, 15) is 13.5 Å². The van der Waals surface area contributed by atoms with Gasteiger partial charge in [0.25, 0.3) is 0 Å². The number of aliphatic hydroxyl groups is 1. The van der Waals surface area contributed by atoms with E-state index in [4.69, 9.17) is 9.47 Å². The number of fused-ring (bicyclic) bond motifs is 1. The molecular formula is C23H32O5SSi. The second kappa shape index (κ2) is 7.61. The Hall–Kier alpha value is -1.43. The minimum atomic E-state index is -3.83. The van der Waals surface area contributed by atoms with Crippen LogP contribution in [0.4, 0.5) is 0 Å². The average molecular weight is 449 g/mol. The molecule has 0 spiro atoms. The van der Waals surface area contributed by atoms with Crippen molar-refractivity contribution in [1.82, 2.24) is 0 Å². The van der Waals surface area contributed by atoms with E-state index in [1.54, 1.807) is 44.2 Å². The van der Waals surface area contributed by atoms with Gasteiger partial charge in [-0.3, -0.25) is 0 Å². The SMILES string of the molecule is CC1(C)O[C@@H]2[C@@H](CC(S(=O)(=O)c3ccccc3)=C(C#C[Si](C)(C)C(C)(C)C)[C@@H]2O)O1. The predicted octanol–water partition coefficient (Wildman–Crippen LogP) is 4.05. The average Bonchev–Trinajstić information content (AvgIpc) is 2.95. The Bertz CT molecular complexity index is 1010. The number of aliphatic hydroxyl groups excluding tert-OH is 1. The van der Waals surface area contributed by atoms with Gasteiger partial charge in [0.1, 0.15) is 20.3 Å². The van der Waals surface area contributed by atoms with Gasteiger partial charge < -0.3 is 14.6 Å². The number of benzene rings is 1. The molecule has 0 unspecified atom stereocenters. The maximum absolute atomic E-state index is 13.5. The number of rotatable bonds is 2. The van der Waals surface area contributed by atoms with E-state index in [1.807, 2.05) is 0 Å². The monoisotopic (exact) mass is 448 g/mol. The van der Waals surface area contributed by atoms with E-state index in [0.29, 0.717) is 0 Å². The molecule has 30 heavy (non-hydrogen) atoms. The zero-order valence-corrected chi connectivity index (χ0v) is 20.6. The van der Waals surface area contributed by atoms with Gasteiger partial charge in [-0.1, -0.05) is 58.0 Å². The van der Waals surface area contributed by atoms with E-state index in [-0.39, 0.29) is 26.8 Å². The molecular weight excluding hydrogens is 416 g/mol. The molecule has 7 heteroatoms. The Balaban J connectivity index is 2.17. The van der Waals surface area contributed by atoms with Gasteiger partial charge >= 0.3 is 0 Å². The highest BCUT2D eigenvalue weighted by molar-refractivity contribution is 7.95. The van der Waals surface area contributed by atoms with Crippen molar-refractivity contribution in [2.24, 2.45) is 0 Å². The summed E-state index contributed by atoms with van der Waals surface area (Å²) in [6.45, 7) is 14.3. The molecule has 3 atom stereocenters. The minimum Gasteiger partial charge on any atom is -0.385 e. The zero-order chi connectivity index (χ0) is 22.5. The normalized spacial score (nSPS) is 26.7. The van der Waals surface area contributed by atoms with Crippen LogP contribution in [0.2, 0.25) is 18.1 Å². The van der Waals surface area contributed by atoms with Crippen molar-refractivity contribution in [3.8, 4) is 11.5 Å². The zero-order valence-electron chi connectivity index (χ0n) is 18.8. The van der Waals surface area contributed by atoms with Gasteiger partial charge in [0.2, 0.25) is 9.84 Å². The third kappa shape index (κ3) is 4.30. The second-order valence-electron chi connectivity index (χ2n) is 10.1. The fraction of sp³-hybridized carbons (Fsp3) is 0.565. The molecule has 1 aliphatic carbocycles. The number of sulfone groups is 1. The summed E-state index contributed by atoms with van der Waals surface area (Å²) in [4.78, 5) is 0.324. The molecule has 3 rings (SSSR count). The molecule has 0 aromatic heterocycles. The Morgan fingerprint density at radius 2 is 1.73 bits per heavy atom. The van der Waals surface area contributed by atoms with E-state index in [0.717, 1.165) is 0 Å². The summed E-state index contributed by atoms with van der Waals surface area (Å²) in [5.41, 5.74) is 3.61. The molecule has 0 saturated carbocycles. The van der Waals surface area contributed by atoms with Crippen molar-refractivity contribution in [3.63, 3.8) is 0 Å². The van der Waals surface area contributed by atoms with Gasteiger partial charge in [-0.05, 0) is 31.0 Å². The van der Waals surface area contributed by atoms with Gasteiger partial charge in [-0.15, -0.1) is 5.54 Å². The van der Waals surface area contributed by atoms with Crippen LogP contribution in [0.3, 0.4) is 0 Å². The van der Waals surface area contributed by atoms with E-state index >= 15 is 0 Å². The van der Waals surface area contributed by atoms with Gasteiger partial charge in [-0.2, -0.15) is 0 Å². The standard InChI is InChI=1S/C23H32O5SSi/c1-22(2,3)30(6,7)14-13-17-19(29(25,26)16-11-9-8-10-12-16)15-18-21(20(17)24)28-23(4,5)27-18/h8-12,18,20-21,24H,15H2,1-7H3/t18-,20+,21-/m1/s1. The summed E-state index contributed by atoms with van der Waals surface area (Å²) in [5, 5.41) is 11.1. The summed E-state index contributed by atoms with van der Waals surface area (Å²) in [5.74, 6) is 2.22. The molecule has 1 aliphatic heterocycles. The van der Waals surface area contributed by atoms with Crippen LogP contribution in [0, 0.1) is 11.5 Å². The number of hydrogen-bond acceptors (Lipinski definition) is 5. The van der Waals surface area contributed by atoms with Crippen LogP contribution in [0.5, 0.6) is 0 Å². The molecule has 1 aromatic carbocycles. The molecule has 1 aromatic rings. The molecule has 2 aliphatic rings. The molecule has 0 bridgehead atoms. The first-order chi connectivity index (χ1) is 13.7. The summed E-state index contributed by atoms with van der Waals surface area (Å²) in [6, 6.07) is 8.28. The number of ether oxygens (including phenoxy) is 2. The maximum atomic E-state index is 13.5. The van der Waals surface area contributed by atoms with E-state index in [1.165, 1.54) is 0 Å². The van der Waals surface area contributed by atoms with Crippen molar-refractivity contribution >= 4 is 17.9 Å². The molecule has 1 N–H and O–H groups in total. The first kappa shape index (κ1) is 23.2. The van der Waals surface area contributed by atoms with Gasteiger partial charge in [0.15, 0.2) is 5.79 Å². The summed E-state index contributed by atoms with van der Waals surface area (Å²) in [7, 11) is -5.85. The lowest BCUT2D eigenvalue weighted by atomic mass is 9.92. The Morgan fingerprint density at radius 1 is 1.13 bits per heavy atom.